The van der Waals surface area contributed by atoms with Crippen molar-refractivity contribution in [2.75, 3.05) is 0 Å². The molecule has 0 heterocycles. The van der Waals surface area contributed by atoms with Crippen LogP contribution >= 0.6 is 153 Å². The maximum atomic E-state index is 2.90. The summed E-state index contributed by atoms with van der Waals surface area (Å²) in [7, 11) is 0. The number of rotatable bonds is 4. The van der Waals surface area contributed by atoms with E-state index < -0.39 is 4.77 Å². The van der Waals surface area contributed by atoms with E-state index in [2.05, 4.69) is 180 Å². The Kier molecular flexibility index (Phi) is 10.3. The zero-order valence-corrected chi connectivity index (χ0v) is 27.3. The molecule has 0 aromatic carbocycles. The van der Waals surface area contributed by atoms with Crippen molar-refractivity contribution in [2.24, 2.45) is 5.92 Å². The predicted octanol–water partition coefficient (Wildman–Crippen LogP) is 7.45. The lowest BCUT2D eigenvalue weighted by molar-refractivity contribution is 0.476. The Morgan fingerprint density at radius 2 is 1.12 bits per heavy atom. The van der Waals surface area contributed by atoms with Gasteiger partial charge in [-0.3, -0.25) is 0 Å². The first-order chi connectivity index (χ1) is 6.69. The molecule has 0 unspecified atom stereocenters. The summed E-state index contributed by atoms with van der Waals surface area (Å²) in [6.07, 6.45) is 0. The molecule has 0 aromatic rings. The van der Waals surface area contributed by atoms with Crippen LogP contribution in [0.5, 0.6) is 0 Å². The van der Waals surface area contributed by atoms with Gasteiger partial charge >= 0.3 is 0 Å². The zero-order chi connectivity index (χ0) is 13.6. The van der Waals surface area contributed by atoms with E-state index in [0.29, 0.717) is 5.04 Å². The van der Waals surface area contributed by atoms with Crippen LogP contribution in [0.25, 0.3) is 0 Å². The van der Waals surface area contributed by atoms with Gasteiger partial charge in [0.15, 0.2) is 0 Å². The maximum absolute atomic E-state index is 2.90. The summed E-state index contributed by atoms with van der Waals surface area (Å²) >= 11 is 20.0. The highest BCUT2D eigenvalue weighted by Gasteiger charge is 2.68. The first-order valence-electron chi connectivity index (χ1n) is 4.52. The molecule has 0 saturated heterocycles. The monoisotopic (exact) mass is 1060 g/mol. The third kappa shape index (κ3) is 4.63. The van der Waals surface area contributed by atoms with E-state index in [9.17, 15) is 0 Å². The van der Waals surface area contributed by atoms with Crippen molar-refractivity contribution in [3.63, 3.8) is 0 Å². The lowest BCUT2D eigenvalue weighted by Crippen LogP contribution is -2.62. The minimum atomic E-state index is -1.27. The van der Waals surface area contributed by atoms with Crippen LogP contribution in [0.3, 0.4) is 0 Å². The van der Waals surface area contributed by atoms with E-state index in [-0.39, 0.29) is 0 Å². The molecule has 0 fully saturated rings. The molecule has 0 bridgehead atoms. The molecule has 0 N–H and O–H groups in total. The maximum Gasteiger partial charge on any atom is 0.263 e. The average Bonchev–Trinajstić information content (AvgIpc) is 2.00. The third-order valence-corrected chi connectivity index (χ3v) is 210. The Hall–Kier alpha value is 5.76. The van der Waals surface area contributed by atoms with Gasteiger partial charge in [0.25, 0.3) is 0.0813 Å². The molecule has 0 aliphatic rings. The molecule has 0 aliphatic heterocycles. The van der Waals surface area contributed by atoms with Gasteiger partial charge in [-0.2, -0.15) is 0 Å². The van der Waals surface area contributed by atoms with Gasteiger partial charge in [0.2, 0.25) is 4.69 Å². The average molecular weight is 1060 g/mol. The van der Waals surface area contributed by atoms with Crippen molar-refractivity contribution in [3.05, 3.63) is 0 Å². The Morgan fingerprint density at radius 3 is 1.31 bits per heavy atom. The van der Waals surface area contributed by atoms with Gasteiger partial charge in [-0.15, -0.1) is 87.2 Å². The molecule has 0 radical (unpaired) electrons. The minimum absolute atomic E-state index is 0.516. The summed E-state index contributed by atoms with van der Waals surface area (Å²) in [5.41, 5.74) is 0. The van der Waals surface area contributed by atoms with E-state index >= 15 is 0 Å². The molecule has 0 amide bonds. The summed E-state index contributed by atoms with van der Waals surface area (Å²) < 4.78 is -3.55. The van der Waals surface area contributed by atoms with Crippen molar-refractivity contribution >= 4 is 157 Å². The van der Waals surface area contributed by atoms with E-state index in [1.54, 1.807) is 0 Å². The normalized spacial score (nSPS) is 15.8. The Bertz CT molecular complexity index is 257. The molecule has 0 spiro atoms. The second-order valence-corrected chi connectivity index (χ2v) is 112. The molecule has 98 valence electrons. The first-order valence-corrected chi connectivity index (χ1v) is 34.3. The second-order valence-electron chi connectivity index (χ2n) is 4.52. The molecule has 0 nitrogen and oxygen atoms in total. The zero-order valence-electron chi connectivity index (χ0n) is 9.22. The standard InChI is InChI=1S/C6H13I7Si3/c1-5(2)6(3,4)14(7,8)16(12,13)15(9,10)11/h5H,1-4H3. The largest absolute Gasteiger partial charge is 0.263 e. The Balaban J connectivity index is 5.53. The summed E-state index contributed by atoms with van der Waals surface area (Å²) in [5.74, 6) is 0.782. The van der Waals surface area contributed by atoms with E-state index in [1.165, 1.54) is 0 Å². The molecule has 0 aromatic heterocycles. The Labute approximate surface area is 191 Å². The van der Waals surface area contributed by atoms with Crippen LogP contribution in [-0.4, -0.2) is 4.77 Å². The van der Waals surface area contributed by atoms with Gasteiger partial charge in [-0.05, 0) is 11.0 Å². The van der Waals surface area contributed by atoms with Crippen LogP contribution in [0, 0.1) is 5.92 Å². The number of hydrogen-bond acceptors (Lipinski definition) is 0. The Morgan fingerprint density at radius 1 is 0.812 bits per heavy atom. The first kappa shape index (κ1) is 21.8. The molecule has 0 aliphatic carbocycles. The molecule has 16 heavy (non-hydrogen) atoms. The van der Waals surface area contributed by atoms with E-state index in [0.717, 1.165) is 5.92 Å². The van der Waals surface area contributed by atoms with Crippen molar-refractivity contribution in [1.82, 2.24) is 0 Å². The van der Waals surface area contributed by atoms with Crippen LogP contribution in [0.1, 0.15) is 27.7 Å². The topological polar surface area (TPSA) is 0 Å². The minimum Gasteiger partial charge on any atom is -0.107 e. The van der Waals surface area contributed by atoms with Gasteiger partial charge in [0, 0.05) is 0 Å². The van der Waals surface area contributed by atoms with Crippen LogP contribution in [0.2, 0.25) is 5.04 Å². The summed E-state index contributed by atoms with van der Waals surface area (Å²) in [6, 6.07) is 0. The fraction of sp³-hybridized carbons (Fsp3) is 1.00. The van der Waals surface area contributed by atoms with Crippen molar-refractivity contribution < 1.29 is 0 Å². The third-order valence-electron chi connectivity index (χ3n) is 3.00. The highest BCUT2D eigenvalue weighted by Crippen LogP contribution is 2.64. The lowest BCUT2D eigenvalue weighted by atomic mass is 9.99. The molecule has 0 saturated carbocycles. The second kappa shape index (κ2) is 7.55. The number of halogens is 7. The smallest absolute Gasteiger partial charge is 0.107 e. The molecule has 0 atom stereocenters. The fourth-order valence-electron chi connectivity index (χ4n) is 0.945. The van der Waals surface area contributed by atoms with Gasteiger partial charge < -0.3 is 0 Å². The van der Waals surface area contributed by atoms with E-state index in [4.69, 9.17) is 0 Å². The van der Waals surface area contributed by atoms with Gasteiger partial charge in [0.1, 0.15) is 0 Å². The summed E-state index contributed by atoms with van der Waals surface area (Å²) in [4.78, 5) is 0. The molecular formula is C6H13I7Si3. The number of hydrogen-bond donors (Lipinski definition) is 0. The van der Waals surface area contributed by atoms with Crippen molar-refractivity contribution in [1.29, 1.82) is 0 Å². The van der Waals surface area contributed by atoms with Gasteiger partial charge in [-0.1, -0.05) is 93.1 Å². The molecular weight excluding hydrogens is 1040 g/mol. The quantitative estimate of drug-likeness (QED) is 0.156. The van der Waals surface area contributed by atoms with Gasteiger partial charge in [-0.25, -0.2) is 0 Å². The van der Waals surface area contributed by atoms with Crippen molar-refractivity contribution in [3.8, 4) is 0 Å². The molecule has 10 heteroatoms. The van der Waals surface area contributed by atoms with Crippen LogP contribution < -0.4 is 0 Å². The van der Waals surface area contributed by atoms with Crippen LogP contribution in [-0.2, 0) is 0 Å². The highest BCUT2D eigenvalue weighted by molar-refractivity contribution is 14.4. The molecule has 0 rings (SSSR count). The summed E-state index contributed by atoms with van der Waals surface area (Å²) in [5, 5.41) is 0.516. The van der Waals surface area contributed by atoms with Crippen LogP contribution in [0.15, 0.2) is 0 Å². The van der Waals surface area contributed by atoms with Gasteiger partial charge in [0.05, 0.1) is 0 Å². The highest BCUT2D eigenvalue weighted by atomic mass is 127. The fourth-order valence-corrected chi connectivity index (χ4v) is 168. The summed E-state index contributed by atoms with van der Waals surface area (Å²) in [6.45, 7) is 9.80. The van der Waals surface area contributed by atoms with Crippen LogP contribution in [0.4, 0.5) is 0 Å². The predicted molar refractivity (Wildman–Crippen MR) is 144 cm³/mol. The lowest BCUT2D eigenvalue weighted by Gasteiger charge is -2.47. The SMILES string of the molecule is CC(C)C(C)(C)[Si](I)(I)[Si](I)(I)[Si](I)(I)I. The van der Waals surface area contributed by atoms with Crippen molar-refractivity contribution in [2.45, 2.75) is 32.7 Å². The van der Waals surface area contributed by atoms with E-state index in [1.807, 2.05) is 0 Å².